The summed E-state index contributed by atoms with van der Waals surface area (Å²) in [6.45, 7) is 14.8. The molecule has 0 aromatic rings. The molecule has 0 aliphatic heterocycles. The second kappa shape index (κ2) is 7.90. The van der Waals surface area contributed by atoms with E-state index in [0.717, 1.165) is 35.5 Å². The Morgan fingerprint density at radius 3 is 2.36 bits per heavy atom. The Balaban J connectivity index is 1.61. The van der Waals surface area contributed by atoms with Crippen LogP contribution in [0, 0.1) is 46.3 Å². The van der Waals surface area contributed by atoms with Gasteiger partial charge in [-0.1, -0.05) is 47.0 Å². The molecular weight excluding hydrogens is 340 g/mol. The van der Waals surface area contributed by atoms with Crippen LogP contribution in [0.4, 0.5) is 0 Å². The molecule has 0 amide bonds. The van der Waals surface area contributed by atoms with Crippen molar-refractivity contribution in [2.75, 3.05) is 0 Å². The first-order valence-corrected chi connectivity index (χ1v) is 12.9. The lowest BCUT2D eigenvalue weighted by atomic mass is 9.43. The van der Waals surface area contributed by atoms with Gasteiger partial charge < -0.3 is 4.74 Å². The summed E-state index contributed by atoms with van der Waals surface area (Å²) in [4.78, 5) is 0. The highest BCUT2D eigenvalue weighted by Gasteiger charge is 2.62. The van der Waals surface area contributed by atoms with Gasteiger partial charge in [-0.05, 0) is 112 Å². The van der Waals surface area contributed by atoms with Crippen molar-refractivity contribution in [2.45, 2.75) is 124 Å². The second-order valence-corrected chi connectivity index (χ2v) is 12.3. The highest BCUT2D eigenvalue weighted by molar-refractivity contribution is 5.11. The van der Waals surface area contributed by atoms with E-state index in [1.807, 2.05) is 0 Å². The van der Waals surface area contributed by atoms with Crippen LogP contribution in [0.2, 0.25) is 0 Å². The molecule has 4 fully saturated rings. The number of hydrogen-bond donors (Lipinski definition) is 0. The highest BCUT2D eigenvalue weighted by atomic mass is 16.5. The Morgan fingerprint density at radius 2 is 1.64 bits per heavy atom. The van der Waals surface area contributed by atoms with Gasteiger partial charge in [0.25, 0.3) is 0 Å². The minimum Gasteiger partial charge on any atom is -0.375 e. The van der Waals surface area contributed by atoms with Gasteiger partial charge in [-0.2, -0.15) is 0 Å². The fourth-order valence-corrected chi connectivity index (χ4v) is 8.80. The molecule has 0 N–H and O–H groups in total. The first-order valence-electron chi connectivity index (χ1n) is 12.9. The Labute approximate surface area is 175 Å². The number of rotatable bonds is 5. The Hall–Kier alpha value is -0.0400. The van der Waals surface area contributed by atoms with E-state index in [-0.39, 0.29) is 0 Å². The zero-order chi connectivity index (χ0) is 20.1. The number of hydrogen-bond acceptors (Lipinski definition) is 1. The van der Waals surface area contributed by atoms with Crippen molar-refractivity contribution >= 4 is 0 Å². The van der Waals surface area contributed by atoms with Crippen LogP contribution in [0.1, 0.15) is 112 Å². The highest BCUT2D eigenvalue weighted by Crippen LogP contribution is 2.68. The van der Waals surface area contributed by atoms with Gasteiger partial charge in [0.05, 0.1) is 12.2 Å². The van der Waals surface area contributed by atoms with Gasteiger partial charge in [0.15, 0.2) is 0 Å². The summed E-state index contributed by atoms with van der Waals surface area (Å²) in [6, 6.07) is 0. The van der Waals surface area contributed by atoms with Crippen molar-refractivity contribution in [1.82, 2.24) is 0 Å². The van der Waals surface area contributed by atoms with Crippen LogP contribution >= 0.6 is 0 Å². The van der Waals surface area contributed by atoms with Crippen molar-refractivity contribution in [1.29, 1.82) is 0 Å². The van der Waals surface area contributed by atoms with E-state index in [1.165, 1.54) is 70.6 Å². The third-order valence-electron chi connectivity index (χ3n) is 10.7. The van der Waals surface area contributed by atoms with Crippen LogP contribution in [0.3, 0.4) is 0 Å². The van der Waals surface area contributed by atoms with Gasteiger partial charge >= 0.3 is 0 Å². The summed E-state index contributed by atoms with van der Waals surface area (Å²) in [7, 11) is 0. The third-order valence-corrected chi connectivity index (χ3v) is 10.7. The molecule has 0 heterocycles. The molecule has 0 aromatic heterocycles. The monoisotopic (exact) mass is 388 g/mol. The lowest BCUT2D eigenvalue weighted by Gasteiger charge is -2.63. The molecule has 4 rings (SSSR count). The fraction of sp³-hybridized carbons (Fsp3) is 1.00. The molecule has 4 saturated carbocycles. The van der Waals surface area contributed by atoms with Gasteiger partial charge in [0.2, 0.25) is 0 Å². The molecular formula is C27H48O. The van der Waals surface area contributed by atoms with Crippen molar-refractivity contribution in [2.24, 2.45) is 46.3 Å². The smallest absolute Gasteiger partial charge is 0.0615 e. The quantitative estimate of drug-likeness (QED) is 0.465. The molecule has 0 spiro atoms. The minimum atomic E-state index is 0.376. The molecule has 9 atom stereocenters. The zero-order valence-electron chi connectivity index (χ0n) is 19.8. The van der Waals surface area contributed by atoms with Crippen LogP contribution in [0.15, 0.2) is 0 Å². The standard InChI is InChI=1S/C27H48O/c1-7-8-9-20-12-14-27(6)21(16-20)17-24(28-18(2)3)25-22-11-10-19(4)26(22,5)15-13-23(25)27/h18-25H,7-17H2,1-6H3/t19-,20-,21?,22?,23?,24?,25?,26+,27-/m0/s1. The summed E-state index contributed by atoms with van der Waals surface area (Å²) in [5.74, 6) is 5.49. The summed E-state index contributed by atoms with van der Waals surface area (Å²) < 4.78 is 6.76. The molecule has 0 aromatic carbocycles. The fourth-order valence-electron chi connectivity index (χ4n) is 8.80. The number of fused-ring (bicyclic) bond motifs is 5. The van der Waals surface area contributed by atoms with Crippen molar-refractivity contribution in [3.63, 3.8) is 0 Å². The maximum Gasteiger partial charge on any atom is 0.0615 e. The first kappa shape index (κ1) is 21.2. The topological polar surface area (TPSA) is 9.23 Å². The van der Waals surface area contributed by atoms with E-state index in [4.69, 9.17) is 4.74 Å². The van der Waals surface area contributed by atoms with E-state index in [0.29, 0.717) is 23.0 Å². The summed E-state index contributed by atoms with van der Waals surface area (Å²) >= 11 is 0. The molecule has 1 nitrogen and oxygen atoms in total. The summed E-state index contributed by atoms with van der Waals surface area (Å²) in [5, 5.41) is 0. The van der Waals surface area contributed by atoms with E-state index >= 15 is 0 Å². The van der Waals surface area contributed by atoms with Crippen molar-refractivity contribution in [3.8, 4) is 0 Å². The number of ether oxygens (including phenoxy) is 1. The van der Waals surface area contributed by atoms with Crippen LogP contribution in [0.5, 0.6) is 0 Å². The Kier molecular flexibility index (Phi) is 5.98. The average molecular weight is 389 g/mol. The first-order chi connectivity index (χ1) is 13.3. The summed E-state index contributed by atoms with van der Waals surface area (Å²) in [6.07, 6.45) is 16.9. The molecule has 1 heteroatoms. The van der Waals surface area contributed by atoms with Gasteiger partial charge in [-0.3, -0.25) is 0 Å². The van der Waals surface area contributed by atoms with E-state index in [1.54, 1.807) is 0 Å². The lowest BCUT2D eigenvalue weighted by Crippen LogP contribution is -2.58. The zero-order valence-corrected chi connectivity index (χ0v) is 19.8. The van der Waals surface area contributed by atoms with Crippen LogP contribution < -0.4 is 0 Å². The number of unbranched alkanes of at least 4 members (excludes halogenated alkanes) is 1. The second-order valence-electron chi connectivity index (χ2n) is 12.3. The molecule has 0 radical (unpaired) electrons. The predicted octanol–water partition coefficient (Wildman–Crippen LogP) is 7.88. The van der Waals surface area contributed by atoms with Crippen LogP contribution in [-0.2, 0) is 4.74 Å². The SMILES string of the molecule is CCCC[C@H]1CC[C@@]2(C)C(CC(OC(C)C)C3C2CC[C@@]2(C)C3CC[C@@H]2C)C1. The van der Waals surface area contributed by atoms with Gasteiger partial charge in [0.1, 0.15) is 0 Å². The van der Waals surface area contributed by atoms with Gasteiger partial charge in [0, 0.05) is 0 Å². The van der Waals surface area contributed by atoms with Crippen molar-refractivity contribution < 1.29 is 4.74 Å². The van der Waals surface area contributed by atoms with Crippen LogP contribution in [0.25, 0.3) is 0 Å². The third kappa shape index (κ3) is 3.40. The van der Waals surface area contributed by atoms with Crippen molar-refractivity contribution in [3.05, 3.63) is 0 Å². The van der Waals surface area contributed by atoms with Gasteiger partial charge in [-0.15, -0.1) is 0 Å². The minimum absolute atomic E-state index is 0.376. The normalized spacial score (nSPS) is 50.9. The molecule has 0 saturated heterocycles. The average Bonchev–Trinajstić information content (AvgIpc) is 2.95. The van der Waals surface area contributed by atoms with Crippen LogP contribution in [-0.4, -0.2) is 12.2 Å². The Bertz CT molecular complexity index is 540. The summed E-state index contributed by atoms with van der Waals surface area (Å²) in [5.41, 5.74) is 1.18. The molecule has 4 aliphatic rings. The molecule has 0 bridgehead atoms. The molecule has 4 aliphatic carbocycles. The predicted molar refractivity (Wildman–Crippen MR) is 119 cm³/mol. The maximum absolute atomic E-state index is 6.76. The lowest BCUT2D eigenvalue weighted by molar-refractivity contribution is -0.191. The van der Waals surface area contributed by atoms with E-state index < -0.39 is 0 Å². The molecule has 5 unspecified atom stereocenters. The maximum atomic E-state index is 6.76. The van der Waals surface area contributed by atoms with E-state index in [2.05, 4.69) is 41.5 Å². The largest absolute Gasteiger partial charge is 0.375 e. The Morgan fingerprint density at radius 1 is 0.929 bits per heavy atom. The molecule has 28 heavy (non-hydrogen) atoms. The van der Waals surface area contributed by atoms with Gasteiger partial charge in [-0.25, -0.2) is 0 Å². The van der Waals surface area contributed by atoms with E-state index in [9.17, 15) is 0 Å². The molecule has 162 valence electrons.